The van der Waals surface area contributed by atoms with Crippen molar-refractivity contribution in [2.24, 2.45) is 5.92 Å². The van der Waals surface area contributed by atoms with Crippen molar-refractivity contribution in [3.63, 3.8) is 0 Å². The molecule has 1 aliphatic rings. The van der Waals surface area contributed by atoms with Gasteiger partial charge in [0.25, 0.3) is 11.8 Å². The molecule has 0 fully saturated rings. The molecule has 0 saturated heterocycles. The molecule has 1 aliphatic heterocycles. The van der Waals surface area contributed by atoms with Gasteiger partial charge in [0, 0.05) is 24.2 Å². The Hall–Kier alpha value is -5.34. The minimum Gasteiger partial charge on any atom is -0.493 e. The number of tetrazole rings is 1. The molecule has 2 N–H and O–H groups in total. The summed E-state index contributed by atoms with van der Waals surface area (Å²) in [6, 6.07) is 11.6. The van der Waals surface area contributed by atoms with Crippen LogP contribution in [0, 0.1) is 12.8 Å². The predicted octanol–water partition coefficient (Wildman–Crippen LogP) is 1.80. The number of benzene rings is 2. The Kier molecular flexibility index (Phi) is 10.2. The zero-order chi connectivity index (χ0) is 32.6. The quantitative estimate of drug-likeness (QED) is 0.331. The summed E-state index contributed by atoms with van der Waals surface area (Å²) < 4.78 is 14.8. The van der Waals surface area contributed by atoms with Gasteiger partial charge in [-0.15, -0.1) is 5.10 Å². The average Bonchev–Trinajstić information content (AvgIpc) is 3.69. The van der Waals surface area contributed by atoms with E-state index in [4.69, 9.17) is 9.47 Å². The Morgan fingerprint density at radius 3 is 2.65 bits per heavy atom. The van der Waals surface area contributed by atoms with E-state index in [-0.39, 0.29) is 49.9 Å². The van der Waals surface area contributed by atoms with Crippen molar-refractivity contribution in [2.75, 3.05) is 33.4 Å². The van der Waals surface area contributed by atoms with Crippen molar-refractivity contribution in [1.82, 2.24) is 50.5 Å². The second-order valence-corrected chi connectivity index (χ2v) is 11.3. The van der Waals surface area contributed by atoms with Crippen LogP contribution < -0.4 is 20.1 Å². The lowest BCUT2D eigenvalue weighted by Crippen LogP contribution is -2.44. The van der Waals surface area contributed by atoms with Crippen molar-refractivity contribution in [2.45, 2.75) is 46.3 Å². The number of nitrogens with zero attached hydrogens (tertiary/aromatic N) is 8. The highest BCUT2D eigenvalue weighted by Gasteiger charge is 2.27. The number of hydrogen-bond acceptors (Lipinski definition) is 10. The maximum atomic E-state index is 13.7. The lowest BCUT2D eigenvalue weighted by atomic mass is 10.0. The zero-order valence-corrected chi connectivity index (χ0v) is 26.3. The number of aryl methyl sites for hydroxylation is 1. The van der Waals surface area contributed by atoms with Crippen LogP contribution in [0.4, 0.5) is 0 Å². The van der Waals surface area contributed by atoms with Crippen molar-refractivity contribution in [3.05, 3.63) is 77.1 Å². The zero-order valence-electron chi connectivity index (χ0n) is 26.3. The smallest absolute Gasteiger partial charge is 0.254 e. The third-order valence-corrected chi connectivity index (χ3v) is 7.50. The van der Waals surface area contributed by atoms with Crippen LogP contribution in [0.5, 0.6) is 11.5 Å². The number of rotatable bonds is 5. The molecule has 3 heterocycles. The maximum absolute atomic E-state index is 13.7. The van der Waals surface area contributed by atoms with Gasteiger partial charge in [0.1, 0.15) is 24.6 Å². The molecule has 0 saturated carbocycles. The first-order valence-corrected chi connectivity index (χ1v) is 15.1. The van der Waals surface area contributed by atoms with E-state index in [2.05, 4.69) is 36.2 Å². The number of nitrogens with one attached hydrogen (secondary N) is 2. The van der Waals surface area contributed by atoms with E-state index < -0.39 is 6.04 Å². The molecule has 3 amide bonds. The van der Waals surface area contributed by atoms with Crippen LogP contribution in [0.15, 0.2) is 48.8 Å². The molecule has 2 bridgehead atoms. The summed E-state index contributed by atoms with van der Waals surface area (Å²) in [5.41, 5.74) is 1.75. The standard InChI is InChI=1S/C31H38N10O5/c1-20(2)28-29-34-21(3)36-41(29)14-15-46-26-16-24(10-11-25(26)45-4)30(43)32-12-5-13-39(18-27(42)35-28)31(44)23-8-6-22(7-9-23)17-40-19-33-37-38-40/h6-11,16,19-20,28H,5,12-15,17-18H2,1-4H3,(H,32,43)(H,35,42)/t28-/m0/s1. The predicted molar refractivity (Wildman–Crippen MR) is 165 cm³/mol. The summed E-state index contributed by atoms with van der Waals surface area (Å²) >= 11 is 0. The van der Waals surface area contributed by atoms with Crippen LogP contribution in [-0.4, -0.2) is 90.9 Å². The normalized spacial score (nSPS) is 16.5. The fourth-order valence-corrected chi connectivity index (χ4v) is 5.16. The molecule has 2 aromatic carbocycles. The average molecular weight is 631 g/mol. The molecule has 15 heteroatoms. The number of amides is 3. The van der Waals surface area contributed by atoms with E-state index in [1.54, 1.807) is 46.6 Å². The van der Waals surface area contributed by atoms with Crippen molar-refractivity contribution in [3.8, 4) is 11.5 Å². The van der Waals surface area contributed by atoms with Crippen molar-refractivity contribution in [1.29, 1.82) is 0 Å². The van der Waals surface area contributed by atoms with Crippen molar-refractivity contribution >= 4 is 17.7 Å². The summed E-state index contributed by atoms with van der Waals surface area (Å²) in [5, 5.41) is 21.7. The van der Waals surface area contributed by atoms with E-state index >= 15 is 0 Å². The van der Waals surface area contributed by atoms with Gasteiger partial charge in [-0.2, -0.15) is 5.10 Å². The molecule has 5 rings (SSSR count). The van der Waals surface area contributed by atoms with E-state index in [9.17, 15) is 14.4 Å². The summed E-state index contributed by atoms with van der Waals surface area (Å²) in [6.07, 6.45) is 1.93. The minimum atomic E-state index is -0.466. The molecular weight excluding hydrogens is 592 g/mol. The maximum Gasteiger partial charge on any atom is 0.254 e. The Morgan fingerprint density at radius 2 is 1.93 bits per heavy atom. The topological polar surface area (TPSA) is 171 Å². The highest BCUT2D eigenvalue weighted by atomic mass is 16.5. The molecule has 0 radical (unpaired) electrons. The van der Waals surface area contributed by atoms with Crippen LogP contribution in [0.3, 0.4) is 0 Å². The summed E-state index contributed by atoms with van der Waals surface area (Å²) in [7, 11) is 1.54. The van der Waals surface area contributed by atoms with E-state index in [1.807, 2.05) is 26.0 Å². The van der Waals surface area contributed by atoms with Gasteiger partial charge in [0.15, 0.2) is 11.5 Å². The minimum absolute atomic E-state index is 0.0262. The number of ether oxygens (including phenoxy) is 2. The number of methoxy groups -OCH3 is 1. The van der Waals surface area contributed by atoms with Crippen LogP contribution in [0.25, 0.3) is 0 Å². The highest BCUT2D eigenvalue weighted by molar-refractivity contribution is 5.97. The summed E-state index contributed by atoms with van der Waals surface area (Å²) in [5.74, 6) is 1.09. The van der Waals surface area contributed by atoms with Gasteiger partial charge in [0.2, 0.25) is 5.91 Å². The van der Waals surface area contributed by atoms with Crippen LogP contribution in [-0.2, 0) is 17.9 Å². The van der Waals surface area contributed by atoms with E-state index in [1.165, 1.54) is 18.3 Å². The van der Waals surface area contributed by atoms with Gasteiger partial charge < -0.3 is 25.0 Å². The van der Waals surface area contributed by atoms with Crippen LogP contribution in [0.1, 0.15) is 64.2 Å². The van der Waals surface area contributed by atoms with Gasteiger partial charge in [-0.25, -0.2) is 14.3 Å². The Morgan fingerprint density at radius 1 is 1.13 bits per heavy atom. The van der Waals surface area contributed by atoms with Crippen molar-refractivity contribution < 1.29 is 23.9 Å². The number of fused-ring (bicyclic) bond motifs is 3. The Bertz CT molecular complexity index is 1650. The molecular formula is C31H38N10O5. The fourth-order valence-electron chi connectivity index (χ4n) is 5.16. The van der Waals surface area contributed by atoms with Crippen LogP contribution >= 0.6 is 0 Å². The molecule has 0 unspecified atom stereocenters. The van der Waals surface area contributed by atoms with E-state index in [0.717, 1.165) is 5.56 Å². The van der Waals surface area contributed by atoms with Gasteiger partial charge in [-0.3, -0.25) is 14.4 Å². The SMILES string of the molecule is COc1ccc2cc1OCCn1nc(C)nc1[C@H](C(C)C)NC(=O)CN(C(=O)c1ccc(Cn3cnnn3)cc1)CCCNC2=O. The number of carbonyl (C=O) groups is 3. The molecule has 0 spiro atoms. The number of carbonyl (C=O) groups excluding carboxylic acids is 3. The van der Waals surface area contributed by atoms with Gasteiger partial charge >= 0.3 is 0 Å². The summed E-state index contributed by atoms with van der Waals surface area (Å²) in [4.78, 5) is 46.4. The molecule has 1 atom stereocenters. The highest BCUT2D eigenvalue weighted by Crippen LogP contribution is 2.28. The molecule has 242 valence electrons. The lowest BCUT2D eigenvalue weighted by Gasteiger charge is -2.26. The molecule has 0 aliphatic carbocycles. The molecule has 2 aromatic heterocycles. The Balaban J connectivity index is 1.40. The monoisotopic (exact) mass is 630 g/mol. The number of hydrogen-bond donors (Lipinski definition) is 2. The third-order valence-electron chi connectivity index (χ3n) is 7.50. The van der Waals surface area contributed by atoms with Gasteiger partial charge in [-0.05, 0) is 65.6 Å². The first-order valence-electron chi connectivity index (χ1n) is 15.1. The molecule has 4 aromatic rings. The second kappa shape index (κ2) is 14.6. The van der Waals surface area contributed by atoms with Gasteiger partial charge in [-0.1, -0.05) is 26.0 Å². The lowest BCUT2D eigenvalue weighted by molar-refractivity contribution is -0.123. The van der Waals surface area contributed by atoms with Gasteiger partial charge in [0.05, 0.1) is 32.8 Å². The van der Waals surface area contributed by atoms with Crippen LogP contribution in [0.2, 0.25) is 0 Å². The Labute approximate surface area is 266 Å². The molecule has 46 heavy (non-hydrogen) atoms. The first-order chi connectivity index (χ1) is 22.2. The first kappa shape index (κ1) is 32.1. The summed E-state index contributed by atoms with van der Waals surface area (Å²) in [6.45, 7) is 7.11. The molecule has 15 nitrogen and oxygen atoms in total. The third kappa shape index (κ3) is 7.83. The fraction of sp³-hybridized carbons (Fsp3) is 0.419. The second-order valence-electron chi connectivity index (χ2n) is 11.3. The largest absolute Gasteiger partial charge is 0.493 e. The number of aromatic nitrogens is 7. The van der Waals surface area contributed by atoms with E-state index in [0.29, 0.717) is 53.8 Å².